The van der Waals surface area contributed by atoms with Gasteiger partial charge in [0.25, 0.3) is 0 Å². The number of methoxy groups -OCH3 is 2. The summed E-state index contributed by atoms with van der Waals surface area (Å²) in [6, 6.07) is 0. The molecule has 19 atom stereocenters. The van der Waals surface area contributed by atoms with E-state index in [1.54, 1.807) is 33.3 Å². The van der Waals surface area contributed by atoms with Gasteiger partial charge in [-0.1, -0.05) is 70.2 Å². The second-order valence-corrected chi connectivity index (χ2v) is 20.0. The Hall–Kier alpha value is -2.53. The molecule has 0 aromatic rings. The molecule has 0 aromatic carbocycles. The molecule has 2 N–H and O–H groups in total. The lowest BCUT2D eigenvalue weighted by Crippen LogP contribution is -2.58. The first-order valence-corrected chi connectivity index (χ1v) is 23.8. The molecule has 7 rings (SSSR count). The first-order valence-electron chi connectivity index (χ1n) is 23.8. The van der Waals surface area contributed by atoms with Crippen molar-refractivity contribution in [3.05, 3.63) is 71.9 Å². The number of carbonyl (C=O) groups excluding carboxylic acids is 1. The largest absolute Gasteiger partial charge is 0.462 e. The minimum Gasteiger partial charge on any atom is -0.462 e. The number of rotatable bonds is 10. The van der Waals surface area contributed by atoms with Crippen LogP contribution < -0.4 is 0 Å². The minimum atomic E-state index is -1.83. The van der Waals surface area contributed by atoms with Crippen molar-refractivity contribution in [2.24, 2.45) is 29.6 Å². The molecule has 7 aliphatic rings. The van der Waals surface area contributed by atoms with Crippen molar-refractivity contribution in [2.45, 2.75) is 191 Å². The molecule has 6 heterocycles. The van der Waals surface area contributed by atoms with Crippen molar-refractivity contribution < 1.29 is 62.4 Å². The number of hydrogen-bond acceptors (Lipinski definition) is 13. The van der Waals surface area contributed by atoms with Crippen molar-refractivity contribution >= 4 is 5.97 Å². The molecule has 6 aliphatic heterocycles. The third kappa shape index (κ3) is 10.5. The third-order valence-corrected chi connectivity index (χ3v) is 14.7. The smallest absolute Gasteiger partial charge is 0.316 e. The maximum Gasteiger partial charge on any atom is 0.316 e. The fourth-order valence-electron chi connectivity index (χ4n) is 11.1. The predicted molar refractivity (Wildman–Crippen MR) is 240 cm³/mol. The zero-order valence-electron chi connectivity index (χ0n) is 39.8. The van der Waals surface area contributed by atoms with E-state index in [0.29, 0.717) is 49.2 Å². The van der Waals surface area contributed by atoms with Gasteiger partial charge in [0.1, 0.15) is 35.9 Å². The Morgan fingerprint density at radius 2 is 1.64 bits per heavy atom. The van der Waals surface area contributed by atoms with E-state index in [1.165, 1.54) is 0 Å². The Bertz CT molecular complexity index is 1790. The molecule has 0 unspecified atom stereocenters. The lowest BCUT2D eigenvalue weighted by molar-refractivity contribution is -0.315. The second-order valence-electron chi connectivity index (χ2n) is 20.0. The van der Waals surface area contributed by atoms with Crippen LogP contribution in [0, 0.1) is 29.6 Å². The van der Waals surface area contributed by atoms with Crippen LogP contribution in [0.15, 0.2) is 71.9 Å². The van der Waals surface area contributed by atoms with Crippen LogP contribution >= 0.6 is 0 Å². The van der Waals surface area contributed by atoms with Crippen molar-refractivity contribution in [3.8, 4) is 0 Å². The van der Waals surface area contributed by atoms with E-state index < -0.39 is 66.4 Å². The molecule has 4 fully saturated rings. The highest BCUT2D eigenvalue weighted by molar-refractivity contribution is 5.78. The fourth-order valence-corrected chi connectivity index (χ4v) is 11.1. The van der Waals surface area contributed by atoms with Crippen LogP contribution in [0.5, 0.6) is 0 Å². The highest BCUT2D eigenvalue weighted by Gasteiger charge is 2.60. The van der Waals surface area contributed by atoms with Gasteiger partial charge in [0.15, 0.2) is 18.4 Å². The molecule has 64 heavy (non-hydrogen) atoms. The van der Waals surface area contributed by atoms with E-state index >= 15 is 0 Å². The van der Waals surface area contributed by atoms with Crippen LogP contribution in [0.2, 0.25) is 0 Å². The zero-order chi connectivity index (χ0) is 46.1. The maximum atomic E-state index is 14.4. The maximum absolute atomic E-state index is 14.4. The lowest BCUT2D eigenvalue weighted by Gasteiger charge is -2.47. The van der Waals surface area contributed by atoms with Crippen molar-refractivity contribution in [1.82, 2.24) is 0 Å². The highest BCUT2D eigenvalue weighted by Crippen LogP contribution is 2.47. The summed E-state index contributed by atoms with van der Waals surface area (Å²) in [4.78, 5) is 14.4. The molecule has 358 valence electrons. The standard InChI is InChI=1S/C51H76O13/c1-12-14-38-33(8)58-43(24-41(38)55-10)62-47-34(9)59-44(25-42(47)56-11)61-46-30(5)15-13-16-35-27-57-48-45(52)32(7)22-39(51(35,48)54)49(53)60-37-23-36(18-17-31(46)6)63-50(26-37)20-19-29(4)40(64-50)21-28(2)3/h12-13,15-17,19-20,22,28-30,33-34,36-48,52,54H,1,14,18,21,23-27H2,2-11H3/b15-13+,31-17+,35-16+/t29-,30-,33-,34-,36+,37-,38-,39-,40+,41-,42-,43-,44-,45+,46-,47-,48+,50+,51+/m0/s1. The molecule has 0 radical (unpaired) electrons. The SMILES string of the molecule is C=CC[C@H]1[C@H](C)O[C@@H](O[C@H]2[C@H](C)O[C@@H](O[C@@H]3/C(C)=C/C[C@@H]4C[C@@H](C[C@]5(C=C[C@H](C)[C@@H](CC(C)C)O5)O4)OC(=O)[C@@H]4C=C(C)[C@@H](O)[C@H]5OC/C(=C\C=C\[C@@H]3C)[C@]54O)C[C@@H]2OC)C[C@@H]1OC. The zero-order valence-corrected chi connectivity index (χ0v) is 39.8. The summed E-state index contributed by atoms with van der Waals surface area (Å²) in [5, 5.41) is 23.8. The topological polar surface area (TPSA) is 150 Å². The first kappa shape index (κ1) is 49.4. The molecule has 0 saturated carbocycles. The Kier molecular flexibility index (Phi) is 16.0. The van der Waals surface area contributed by atoms with Crippen molar-refractivity contribution in [3.63, 3.8) is 0 Å². The van der Waals surface area contributed by atoms with Crippen LogP contribution in [0.4, 0.5) is 0 Å². The van der Waals surface area contributed by atoms with E-state index in [-0.39, 0.29) is 61.0 Å². The van der Waals surface area contributed by atoms with E-state index in [2.05, 4.69) is 60.3 Å². The summed E-state index contributed by atoms with van der Waals surface area (Å²) in [6.45, 7) is 20.4. The molecule has 1 aliphatic carbocycles. The number of allylic oxidation sites excluding steroid dienone is 3. The van der Waals surface area contributed by atoms with Gasteiger partial charge < -0.3 is 57.6 Å². The van der Waals surface area contributed by atoms with Gasteiger partial charge in [-0.3, -0.25) is 4.79 Å². The van der Waals surface area contributed by atoms with Crippen LogP contribution in [0.25, 0.3) is 0 Å². The quantitative estimate of drug-likeness (QED) is 0.168. The monoisotopic (exact) mass is 897 g/mol. The first-order chi connectivity index (χ1) is 30.5. The van der Waals surface area contributed by atoms with Gasteiger partial charge in [0.05, 0.1) is 49.3 Å². The fraction of sp³-hybridized carbons (Fsp3) is 0.745. The average Bonchev–Trinajstić information content (AvgIpc) is 3.59. The number of aliphatic hydroxyl groups is 2. The Balaban J connectivity index is 1.17. The normalized spacial score (nSPS) is 47.5. The van der Waals surface area contributed by atoms with Crippen LogP contribution in [0.3, 0.4) is 0 Å². The van der Waals surface area contributed by atoms with Crippen LogP contribution in [-0.2, 0) is 52.2 Å². The summed E-state index contributed by atoms with van der Waals surface area (Å²) < 4.78 is 64.7. The summed E-state index contributed by atoms with van der Waals surface area (Å²) in [7, 11) is 3.42. The minimum absolute atomic E-state index is 0.0305. The summed E-state index contributed by atoms with van der Waals surface area (Å²) in [6.07, 6.45) is 13.5. The molecule has 13 nitrogen and oxygen atoms in total. The van der Waals surface area contributed by atoms with Crippen molar-refractivity contribution in [1.29, 1.82) is 0 Å². The van der Waals surface area contributed by atoms with Gasteiger partial charge in [-0.2, -0.15) is 0 Å². The molecular formula is C51H76O13. The van der Waals surface area contributed by atoms with Crippen LogP contribution in [-0.4, -0.2) is 128 Å². The summed E-state index contributed by atoms with van der Waals surface area (Å²) in [5.41, 5.74) is 0.179. The Morgan fingerprint density at radius 1 is 0.922 bits per heavy atom. The van der Waals surface area contributed by atoms with Gasteiger partial charge in [-0.25, -0.2) is 0 Å². The summed E-state index contributed by atoms with van der Waals surface area (Å²) >= 11 is 0. The van der Waals surface area contributed by atoms with E-state index in [0.717, 1.165) is 18.4 Å². The molecule has 0 amide bonds. The number of fused-ring (bicyclic) bond motifs is 2. The number of esters is 1. The Labute approximate surface area is 381 Å². The number of hydrogen-bond donors (Lipinski definition) is 2. The average molecular weight is 897 g/mol. The number of ether oxygens (including phenoxy) is 10. The van der Waals surface area contributed by atoms with E-state index in [1.807, 2.05) is 31.2 Å². The molecule has 1 spiro atoms. The van der Waals surface area contributed by atoms with Gasteiger partial charge in [0, 0.05) is 57.7 Å². The van der Waals surface area contributed by atoms with Gasteiger partial charge in [-0.05, 0) is 75.7 Å². The van der Waals surface area contributed by atoms with Gasteiger partial charge in [0.2, 0.25) is 0 Å². The van der Waals surface area contributed by atoms with Gasteiger partial charge >= 0.3 is 5.97 Å². The number of carbonyl (C=O) groups is 1. The lowest BCUT2D eigenvalue weighted by atomic mass is 9.71. The molecule has 2 bridgehead atoms. The predicted octanol–water partition coefficient (Wildman–Crippen LogP) is 7.21. The number of aliphatic hydroxyl groups excluding tert-OH is 1. The highest BCUT2D eigenvalue weighted by atomic mass is 16.7. The molecule has 4 saturated heterocycles. The van der Waals surface area contributed by atoms with Crippen molar-refractivity contribution in [2.75, 3.05) is 20.8 Å². The van der Waals surface area contributed by atoms with E-state index in [9.17, 15) is 15.0 Å². The second kappa shape index (κ2) is 20.8. The molecule has 13 heteroatoms. The van der Waals surface area contributed by atoms with E-state index in [4.69, 9.17) is 47.4 Å². The molecule has 0 aromatic heterocycles. The Morgan fingerprint density at radius 3 is 2.36 bits per heavy atom. The molecular weight excluding hydrogens is 821 g/mol. The third-order valence-electron chi connectivity index (χ3n) is 14.7. The van der Waals surface area contributed by atoms with Crippen LogP contribution in [0.1, 0.15) is 100 Å². The van der Waals surface area contributed by atoms with Gasteiger partial charge in [-0.15, -0.1) is 6.58 Å². The summed E-state index contributed by atoms with van der Waals surface area (Å²) in [5.74, 6) is -2.18.